The Hall–Kier alpha value is -1.44. The van der Waals surface area contributed by atoms with Crippen LogP contribution in [-0.2, 0) is 11.0 Å². The molecule has 1 aliphatic heterocycles. The van der Waals surface area contributed by atoms with Crippen molar-refractivity contribution in [2.24, 2.45) is 0 Å². The zero-order valence-electron chi connectivity index (χ0n) is 13.9. The van der Waals surface area contributed by atoms with E-state index in [9.17, 15) is 18.0 Å². The van der Waals surface area contributed by atoms with Crippen molar-refractivity contribution in [2.45, 2.75) is 49.6 Å². The van der Waals surface area contributed by atoms with Gasteiger partial charge in [0.2, 0.25) is 5.91 Å². The van der Waals surface area contributed by atoms with Gasteiger partial charge >= 0.3 is 6.18 Å². The average molecular weight is 373 g/mol. The van der Waals surface area contributed by atoms with Crippen LogP contribution in [0.5, 0.6) is 0 Å². The maximum atomic E-state index is 12.6. The summed E-state index contributed by atoms with van der Waals surface area (Å²) < 4.78 is 37.8. The number of nitrogens with zero attached hydrogens (tertiary/aromatic N) is 2. The molecule has 0 bridgehead atoms. The summed E-state index contributed by atoms with van der Waals surface area (Å²) in [6.07, 6.45) is 2.20. The average Bonchev–Trinajstić information content (AvgIpc) is 3.24. The van der Waals surface area contributed by atoms with Crippen molar-refractivity contribution in [3.8, 4) is 0 Å². The number of thioether (sulfide) groups is 1. The Morgan fingerprint density at radius 2 is 2.04 bits per heavy atom. The Balaban J connectivity index is 1.45. The molecule has 3 rings (SSSR count). The van der Waals surface area contributed by atoms with Gasteiger partial charge in [-0.25, -0.2) is 4.98 Å². The molecule has 8 heteroatoms. The summed E-state index contributed by atoms with van der Waals surface area (Å²) in [7, 11) is 0. The maximum absolute atomic E-state index is 12.6. The largest absolute Gasteiger partial charge is 0.417 e. The van der Waals surface area contributed by atoms with Gasteiger partial charge in [-0.05, 0) is 31.4 Å². The van der Waals surface area contributed by atoms with Gasteiger partial charge in [-0.2, -0.15) is 13.2 Å². The molecular weight excluding hydrogens is 351 g/mol. The zero-order valence-corrected chi connectivity index (χ0v) is 14.7. The second-order valence-electron chi connectivity index (χ2n) is 6.62. The second-order valence-corrected chi connectivity index (χ2v) is 7.91. The number of alkyl halides is 3. The quantitative estimate of drug-likeness (QED) is 0.858. The fourth-order valence-corrected chi connectivity index (χ4v) is 4.48. The first-order chi connectivity index (χ1) is 11.9. The van der Waals surface area contributed by atoms with E-state index in [2.05, 4.69) is 10.3 Å². The summed E-state index contributed by atoms with van der Waals surface area (Å²) in [6.45, 7) is 1.26. The third-order valence-corrected chi connectivity index (χ3v) is 6.08. The van der Waals surface area contributed by atoms with E-state index in [1.54, 1.807) is 11.8 Å². The molecule has 1 amide bonds. The van der Waals surface area contributed by atoms with Crippen LogP contribution in [0.4, 0.5) is 19.0 Å². The van der Waals surface area contributed by atoms with E-state index in [0.29, 0.717) is 29.9 Å². The lowest BCUT2D eigenvalue weighted by Gasteiger charge is -2.18. The van der Waals surface area contributed by atoms with E-state index in [1.807, 2.05) is 4.90 Å². The van der Waals surface area contributed by atoms with Gasteiger partial charge in [0.05, 0.1) is 11.3 Å². The van der Waals surface area contributed by atoms with Crippen LogP contribution in [0.15, 0.2) is 18.3 Å². The predicted molar refractivity (Wildman–Crippen MR) is 92.7 cm³/mol. The number of halogens is 3. The SMILES string of the molecule is O=C(CSC1CCCC1)N[C@H]1CCN(c2ccc(C(F)(F)F)cn2)C1. The standard InChI is InChI=1S/C17H22F3N3OS/c18-17(19,20)12-5-6-15(21-9-12)23-8-7-13(10-23)22-16(24)11-25-14-3-1-2-4-14/h5-6,9,13-14H,1-4,7-8,10-11H2,(H,22,24)/t13-/m0/s1. The highest BCUT2D eigenvalue weighted by Gasteiger charge is 2.31. The molecule has 1 aliphatic carbocycles. The number of hydrogen-bond acceptors (Lipinski definition) is 4. The van der Waals surface area contributed by atoms with Crippen LogP contribution in [0.2, 0.25) is 0 Å². The van der Waals surface area contributed by atoms with Crippen LogP contribution >= 0.6 is 11.8 Å². The van der Waals surface area contributed by atoms with Gasteiger partial charge < -0.3 is 10.2 Å². The Morgan fingerprint density at radius 3 is 2.68 bits per heavy atom. The lowest BCUT2D eigenvalue weighted by atomic mass is 10.2. The molecule has 4 nitrogen and oxygen atoms in total. The Kier molecular flexibility index (Phi) is 5.76. The molecule has 1 atom stereocenters. The Labute approximate surface area is 149 Å². The number of carbonyl (C=O) groups excluding carboxylic acids is 1. The lowest BCUT2D eigenvalue weighted by molar-refractivity contribution is -0.137. The number of rotatable bonds is 5. The Morgan fingerprint density at radius 1 is 1.28 bits per heavy atom. The molecule has 2 aliphatic rings. The molecule has 2 fully saturated rings. The van der Waals surface area contributed by atoms with E-state index in [4.69, 9.17) is 0 Å². The molecule has 138 valence electrons. The summed E-state index contributed by atoms with van der Waals surface area (Å²) in [5.74, 6) is 1.05. The summed E-state index contributed by atoms with van der Waals surface area (Å²) in [5, 5.41) is 3.64. The lowest BCUT2D eigenvalue weighted by Crippen LogP contribution is -2.38. The van der Waals surface area contributed by atoms with Gasteiger partial charge in [-0.15, -0.1) is 11.8 Å². The minimum Gasteiger partial charge on any atom is -0.354 e. The number of hydrogen-bond donors (Lipinski definition) is 1. The Bertz CT molecular complexity index is 588. The number of amides is 1. The van der Waals surface area contributed by atoms with Crippen LogP contribution in [0, 0.1) is 0 Å². The molecule has 25 heavy (non-hydrogen) atoms. The molecule has 1 N–H and O–H groups in total. The molecule has 1 saturated carbocycles. The molecule has 2 heterocycles. The highest BCUT2D eigenvalue weighted by atomic mass is 32.2. The van der Waals surface area contributed by atoms with Crippen LogP contribution in [0.3, 0.4) is 0 Å². The molecule has 1 aromatic rings. The van der Waals surface area contributed by atoms with Crippen molar-refractivity contribution >= 4 is 23.5 Å². The number of aromatic nitrogens is 1. The molecule has 0 spiro atoms. The smallest absolute Gasteiger partial charge is 0.354 e. The molecule has 0 unspecified atom stereocenters. The van der Waals surface area contributed by atoms with Crippen molar-refractivity contribution in [1.82, 2.24) is 10.3 Å². The molecular formula is C17H22F3N3OS. The minimum absolute atomic E-state index is 0.0285. The predicted octanol–water partition coefficient (Wildman–Crippen LogP) is 3.47. The zero-order chi connectivity index (χ0) is 17.9. The topological polar surface area (TPSA) is 45.2 Å². The number of nitrogens with one attached hydrogen (secondary N) is 1. The second kappa shape index (κ2) is 7.85. The van der Waals surface area contributed by atoms with Gasteiger partial charge in [0.15, 0.2) is 0 Å². The van der Waals surface area contributed by atoms with Gasteiger partial charge in [0.25, 0.3) is 0 Å². The van der Waals surface area contributed by atoms with Crippen molar-refractivity contribution in [2.75, 3.05) is 23.7 Å². The van der Waals surface area contributed by atoms with Crippen molar-refractivity contribution in [3.63, 3.8) is 0 Å². The number of carbonyl (C=O) groups is 1. The number of pyridine rings is 1. The summed E-state index contributed by atoms with van der Waals surface area (Å²) in [5.41, 5.74) is -0.746. The van der Waals surface area contributed by atoms with Gasteiger partial charge in [-0.1, -0.05) is 12.8 Å². The fraction of sp³-hybridized carbons (Fsp3) is 0.647. The first-order valence-corrected chi connectivity index (χ1v) is 9.66. The van der Waals surface area contributed by atoms with Crippen LogP contribution in [-0.4, -0.2) is 41.0 Å². The highest BCUT2D eigenvalue weighted by Crippen LogP contribution is 2.30. The van der Waals surface area contributed by atoms with E-state index >= 15 is 0 Å². The third-order valence-electron chi connectivity index (χ3n) is 4.70. The molecule has 1 aromatic heterocycles. The van der Waals surface area contributed by atoms with Crippen molar-refractivity contribution < 1.29 is 18.0 Å². The first-order valence-electron chi connectivity index (χ1n) is 8.61. The highest BCUT2D eigenvalue weighted by molar-refractivity contribution is 8.00. The van der Waals surface area contributed by atoms with Gasteiger partial charge in [-0.3, -0.25) is 4.79 Å². The van der Waals surface area contributed by atoms with Gasteiger partial charge in [0.1, 0.15) is 5.82 Å². The maximum Gasteiger partial charge on any atom is 0.417 e. The van der Waals surface area contributed by atoms with E-state index in [0.717, 1.165) is 18.7 Å². The van der Waals surface area contributed by atoms with Gasteiger partial charge in [0, 0.05) is 30.6 Å². The van der Waals surface area contributed by atoms with Crippen molar-refractivity contribution in [3.05, 3.63) is 23.9 Å². The van der Waals surface area contributed by atoms with Crippen LogP contribution < -0.4 is 10.2 Å². The van der Waals surface area contributed by atoms with Crippen LogP contribution in [0.1, 0.15) is 37.7 Å². The summed E-state index contributed by atoms with van der Waals surface area (Å²) in [6, 6.07) is 2.47. The number of anilines is 1. The monoisotopic (exact) mass is 373 g/mol. The van der Waals surface area contributed by atoms with Crippen LogP contribution in [0.25, 0.3) is 0 Å². The molecule has 1 saturated heterocycles. The molecule has 0 radical (unpaired) electrons. The van der Waals surface area contributed by atoms with E-state index in [-0.39, 0.29) is 11.9 Å². The summed E-state index contributed by atoms with van der Waals surface area (Å²) in [4.78, 5) is 17.9. The molecule has 0 aromatic carbocycles. The first kappa shape index (κ1) is 18.4. The van der Waals surface area contributed by atoms with E-state index in [1.165, 1.54) is 31.7 Å². The fourth-order valence-electron chi connectivity index (χ4n) is 3.34. The van der Waals surface area contributed by atoms with E-state index < -0.39 is 11.7 Å². The summed E-state index contributed by atoms with van der Waals surface area (Å²) >= 11 is 1.73. The van der Waals surface area contributed by atoms with Crippen molar-refractivity contribution in [1.29, 1.82) is 0 Å². The minimum atomic E-state index is -4.37. The third kappa shape index (κ3) is 5.03. The normalized spacial score (nSPS) is 21.7.